The Morgan fingerprint density at radius 1 is 1.50 bits per heavy atom. The zero-order valence-corrected chi connectivity index (χ0v) is 9.10. The molecule has 0 radical (unpaired) electrons. The minimum atomic E-state index is 0.640. The molecule has 0 heterocycles. The topological polar surface area (TPSA) is 49.8 Å². The molecule has 74 valence electrons. The molecule has 3 heteroatoms. The molecule has 1 aromatic rings. The third-order valence-corrected chi connectivity index (χ3v) is 3.15. The molecule has 0 aliphatic rings. The number of unbranched alkanes of at least 4 members (excludes halogenated alkanes) is 1. The molecule has 0 saturated carbocycles. The zero-order chi connectivity index (χ0) is 10.4. The van der Waals surface area contributed by atoms with Crippen LogP contribution in [0.15, 0.2) is 23.1 Å². The van der Waals surface area contributed by atoms with E-state index in [0.717, 1.165) is 17.9 Å². The number of anilines is 1. The lowest BCUT2D eigenvalue weighted by atomic mass is 10.2. The van der Waals surface area contributed by atoms with Gasteiger partial charge in [-0.2, -0.15) is 5.26 Å². The van der Waals surface area contributed by atoms with Crippen LogP contribution in [0.3, 0.4) is 0 Å². The van der Waals surface area contributed by atoms with Crippen LogP contribution in [0.25, 0.3) is 0 Å². The Morgan fingerprint density at radius 3 is 2.93 bits per heavy atom. The summed E-state index contributed by atoms with van der Waals surface area (Å²) in [6, 6.07) is 8.08. The van der Waals surface area contributed by atoms with E-state index in [4.69, 9.17) is 11.0 Å². The van der Waals surface area contributed by atoms with E-state index in [0.29, 0.717) is 6.42 Å². The van der Waals surface area contributed by atoms with Gasteiger partial charge in [-0.05, 0) is 42.9 Å². The summed E-state index contributed by atoms with van der Waals surface area (Å²) >= 11 is 1.79. The van der Waals surface area contributed by atoms with Crippen molar-refractivity contribution in [3.8, 4) is 6.07 Å². The summed E-state index contributed by atoms with van der Waals surface area (Å²) in [4.78, 5) is 1.26. The fourth-order valence-electron chi connectivity index (χ4n) is 1.17. The van der Waals surface area contributed by atoms with Crippen molar-refractivity contribution in [2.24, 2.45) is 0 Å². The Labute approximate surface area is 89.1 Å². The number of nitriles is 1. The van der Waals surface area contributed by atoms with Crippen molar-refractivity contribution in [2.75, 3.05) is 11.5 Å². The summed E-state index contributed by atoms with van der Waals surface area (Å²) in [5.74, 6) is 0.998. The molecule has 0 bridgehead atoms. The summed E-state index contributed by atoms with van der Waals surface area (Å²) in [7, 11) is 0. The number of hydrogen-bond donors (Lipinski definition) is 1. The van der Waals surface area contributed by atoms with E-state index in [-0.39, 0.29) is 0 Å². The summed E-state index contributed by atoms with van der Waals surface area (Å²) in [6.45, 7) is 2.06. The van der Waals surface area contributed by atoms with Gasteiger partial charge in [0.2, 0.25) is 0 Å². The van der Waals surface area contributed by atoms with Gasteiger partial charge < -0.3 is 5.73 Å². The second-order valence-electron chi connectivity index (χ2n) is 3.14. The van der Waals surface area contributed by atoms with Crippen LogP contribution in [0, 0.1) is 18.3 Å². The van der Waals surface area contributed by atoms with E-state index in [9.17, 15) is 0 Å². The van der Waals surface area contributed by atoms with Crippen molar-refractivity contribution in [1.29, 1.82) is 5.26 Å². The Hall–Kier alpha value is -1.14. The first kappa shape index (κ1) is 10.9. The van der Waals surface area contributed by atoms with Gasteiger partial charge in [0, 0.05) is 17.0 Å². The van der Waals surface area contributed by atoms with Crippen LogP contribution in [-0.4, -0.2) is 5.75 Å². The van der Waals surface area contributed by atoms with Crippen LogP contribution in [0.4, 0.5) is 5.69 Å². The Morgan fingerprint density at radius 2 is 2.29 bits per heavy atom. The molecular formula is C11H14N2S. The molecule has 0 amide bonds. The summed E-state index contributed by atoms with van der Waals surface area (Å²) in [5.41, 5.74) is 7.68. The van der Waals surface area contributed by atoms with E-state index in [1.807, 2.05) is 18.2 Å². The lowest BCUT2D eigenvalue weighted by Crippen LogP contribution is -1.88. The fraction of sp³-hybridized carbons (Fsp3) is 0.364. The van der Waals surface area contributed by atoms with E-state index < -0.39 is 0 Å². The Kier molecular flexibility index (Phi) is 4.34. The average Bonchev–Trinajstić information content (AvgIpc) is 2.15. The molecule has 0 spiro atoms. The molecule has 0 aliphatic heterocycles. The van der Waals surface area contributed by atoms with Crippen LogP contribution in [0.2, 0.25) is 0 Å². The number of hydrogen-bond acceptors (Lipinski definition) is 3. The number of nitrogens with zero attached hydrogens (tertiary/aromatic N) is 1. The molecule has 0 atom stereocenters. The van der Waals surface area contributed by atoms with Crippen LogP contribution >= 0.6 is 11.8 Å². The number of thioether (sulfide) groups is 1. The van der Waals surface area contributed by atoms with Crippen molar-refractivity contribution >= 4 is 17.4 Å². The molecule has 1 aromatic carbocycles. The molecule has 1 rings (SSSR count). The molecule has 0 saturated heterocycles. The summed E-state index contributed by atoms with van der Waals surface area (Å²) in [5, 5.41) is 8.38. The van der Waals surface area contributed by atoms with Crippen molar-refractivity contribution in [2.45, 2.75) is 24.7 Å². The first-order valence-electron chi connectivity index (χ1n) is 4.60. The van der Waals surface area contributed by atoms with Gasteiger partial charge in [-0.3, -0.25) is 0 Å². The highest BCUT2D eigenvalue weighted by Gasteiger charge is 1.98. The first-order valence-corrected chi connectivity index (χ1v) is 5.58. The molecule has 2 N–H and O–H groups in total. The van der Waals surface area contributed by atoms with Crippen LogP contribution in [0.1, 0.15) is 18.4 Å². The quantitative estimate of drug-likeness (QED) is 0.468. The minimum absolute atomic E-state index is 0.640. The van der Waals surface area contributed by atoms with Gasteiger partial charge in [-0.25, -0.2) is 0 Å². The Bertz CT molecular complexity index is 342. The van der Waals surface area contributed by atoms with E-state index in [1.165, 1.54) is 10.5 Å². The summed E-state index contributed by atoms with van der Waals surface area (Å²) in [6.07, 6.45) is 1.59. The van der Waals surface area contributed by atoms with E-state index in [1.54, 1.807) is 11.8 Å². The predicted molar refractivity (Wildman–Crippen MR) is 61.2 cm³/mol. The largest absolute Gasteiger partial charge is 0.399 e. The minimum Gasteiger partial charge on any atom is -0.399 e. The standard InChI is InChI=1S/C11H14N2S/c1-9-8-10(13)4-5-11(9)14-7-3-2-6-12/h4-5,8H,2-3,7,13H2,1H3. The highest BCUT2D eigenvalue weighted by Crippen LogP contribution is 2.24. The maximum absolute atomic E-state index is 8.38. The number of rotatable bonds is 4. The van der Waals surface area contributed by atoms with Crippen molar-refractivity contribution < 1.29 is 0 Å². The second kappa shape index (κ2) is 5.56. The molecular weight excluding hydrogens is 192 g/mol. The van der Waals surface area contributed by atoms with Crippen molar-refractivity contribution in [3.05, 3.63) is 23.8 Å². The van der Waals surface area contributed by atoms with Crippen LogP contribution in [-0.2, 0) is 0 Å². The van der Waals surface area contributed by atoms with Crippen molar-refractivity contribution in [3.63, 3.8) is 0 Å². The van der Waals surface area contributed by atoms with Gasteiger partial charge in [-0.1, -0.05) is 0 Å². The molecule has 0 aromatic heterocycles. The molecule has 2 nitrogen and oxygen atoms in total. The number of nitrogen functional groups attached to an aromatic ring is 1. The highest BCUT2D eigenvalue weighted by molar-refractivity contribution is 7.99. The van der Waals surface area contributed by atoms with Gasteiger partial charge in [0.05, 0.1) is 6.07 Å². The zero-order valence-electron chi connectivity index (χ0n) is 8.29. The normalized spacial score (nSPS) is 9.71. The van der Waals surface area contributed by atoms with Gasteiger partial charge in [0.15, 0.2) is 0 Å². The average molecular weight is 206 g/mol. The number of nitrogens with two attached hydrogens (primary N) is 1. The molecule has 0 fully saturated rings. The monoisotopic (exact) mass is 206 g/mol. The van der Waals surface area contributed by atoms with Gasteiger partial charge >= 0.3 is 0 Å². The molecule has 0 aliphatic carbocycles. The van der Waals surface area contributed by atoms with Gasteiger partial charge in [0.25, 0.3) is 0 Å². The fourth-order valence-corrected chi connectivity index (χ4v) is 2.13. The van der Waals surface area contributed by atoms with Crippen molar-refractivity contribution in [1.82, 2.24) is 0 Å². The highest BCUT2D eigenvalue weighted by atomic mass is 32.2. The molecule has 14 heavy (non-hydrogen) atoms. The molecule has 0 unspecified atom stereocenters. The second-order valence-corrected chi connectivity index (χ2v) is 4.27. The van der Waals surface area contributed by atoms with Crippen LogP contribution in [0.5, 0.6) is 0 Å². The predicted octanol–water partition coefficient (Wildman–Crippen LogP) is 2.97. The van der Waals surface area contributed by atoms with E-state index in [2.05, 4.69) is 13.0 Å². The van der Waals surface area contributed by atoms with Gasteiger partial charge in [0.1, 0.15) is 0 Å². The van der Waals surface area contributed by atoms with Gasteiger partial charge in [-0.15, -0.1) is 11.8 Å². The first-order chi connectivity index (χ1) is 6.74. The third-order valence-electron chi connectivity index (χ3n) is 1.89. The Balaban J connectivity index is 2.47. The van der Waals surface area contributed by atoms with Crippen LogP contribution < -0.4 is 5.73 Å². The summed E-state index contributed by atoms with van der Waals surface area (Å²) < 4.78 is 0. The maximum atomic E-state index is 8.38. The smallest absolute Gasteiger partial charge is 0.0622 e. The number of benzene rings is 1. The lowest BCUT2D eigenvalue weighted by molar-refractivity contribution is 0.980. The lowest BCUT2D eigenvalue weighted by Gasteiger charge is -2.05. The third kappa shape index (κ3) is 3.31. The van der Waals surface area contributed by atoms with E-state index >= 15 is 0 Å². The number of aryl methyl sites for hydroxylation is 1. The maximum Gasteiger partial charge on any atom is 0.0622 e. The SMILES string of the molecule is Cc1cc(N)ccc1SCCCC#N.